The third-order valence-electron chi connectivity index (χ3n) is 2.61. The molecule has 0 unspecified atom stereocenters. The summed E-state index contributed by atoms with van der Waals surface area (Å²) in [5, 5.41) is 0.548. The quantitative estimate of drug-likeness (QED) is 0.695. The Morgan fingerprint density at radius 3 is 2.47 bits per heavy atom. The zero-order valence-electron chi connectivity index (χ0n) is 9.51. The van der Waals surface area contributed by atoms with Crippen molar-refractivity contribution < 1.29 is 4.79 Å². The summed E-state index contributed by atoms with van der Waals surface area (Å²) in [5.74, 6) is 0.134. The van der Waals surface area contributed by atoms with Crippen molar-refractivity contribution in [1.82, 2.24) is 0 Å². The third kappa shape index (κ3) is 2.82. The first-order valence-corrected chi connectivity index (χ1v) is 5.66. The Hall–Kier alpha value is -0.820. The van der Waals surface area contributed by atoms with E-state index in [9.17, 15) is 4.79 Å². The number of hydrogen-bond acceptors (Lipinski definition) is 1. The van der Waals surface area contributed by atoms with E-state index in [2.05, 4.69) is 6.92 Å². The number of rotatable bonds is 4. The maximum absolute atomic E-state index is 12.2. The molecule has 0 saturated heterocycles. The fraction of sp³-hybridized carbons (Fsp3) is 0.462. The van der Waals surface area contributed by atoms with Crippen molar-refractivity contribution in [2.75, 3.05) is 0 Å². The maximum Gasteiger partial charge on any atom is 0.169 e. The second-order valence-corrected chi connectivity index (χ2v) is 4.85. The van der Waals surface area contributed by atoms with Crippen molar-refractivity contribution >= 4 is 17.4 Å². The molecule has 0 spiro atoms. The molecule has 0 radical (unpaired) electrons. The summed E-state index contributed by atoms with van der Waals surface area (Å²) in [7, 11) is 0. The summed E-state index contributed by atoms with van der Waals surface area (Å²) in [5.41, 5.74) is 0.317. The first-order valence-electron chi connectivity index (χ1n) is 5.28. The Bertz CT molecular complexity index is 355. The van der Waals surface area contributed by atoms with Gasteiger partial charge in [0.25, 0.3) is 0 Å². The number of carbonyl (C=O) groups excluding carboxylic acids is 1. The van der Waals surface area contributed by atoms with Crippen LogP contribution in [0, 0.1) is 5.41 Å². The molecule has 0 aliphatic heterocycles. The first-order chi connectivity index (χ1) is 6.99. The number of ketones is 1. The van der Waals surface area contributed by atoms with Gasteiger partial charge in [-0.1, -0.05) is 50.9 Å². The zero-order valence-corrected chi connectivity index (χ0v) is 10.3. The van der Waals surface area contributed by atoms with E-state index in [1.165, 1.54) is 0 Å². The van der Waals surface area contributed by atoms with Gasteiger partial charge in [-0.2, -0.15) is 0 Å². The lowest BCUT2D eigenvalue weighted by Gasteiger charge is -2.22. The lowest BCUT2D eigenvalue weighted by molar-refractivity contribution is 0.0825. The SMILES string of the molecule is CCCC(C)(C)C(=O)c1ccccc1Cl. The molecular formula is C13H17ClO. The van der Waals surface area contributed by atoms with Gasteiger partial charge < -0.3 is 0 Å². The molecule has 1 rings (SSSR count). The van der Waals surface area contributed by atoms with Crippen LogP contribution in [-0.2, 0) is 0 Å². The van der Waals surface area contributed by atoms with Crippen LogP contribution in [0.4, 0.5) is 0 Å². The fourth-order valence-corrected chi connectivity index (χ4v) is 1.97. The highest BCUT2D eigenvalue weighted by molar-refractivity contribution is 6.34. The van der Waals surface area contributed by atoms with Crippen LogP contribution in [0.5, 0.6) is 0 Å². The number of benzene rings is 1. The van der Waals surface area contributed by atoms with E-state index in [4.69, 9.17) is 11.6 Å². The fourth-order valence-electron chi connectivity index (χ4n) is 1.75. The highest BCUT2D eigenvalue weighted by Gasteiger charge is 2.28. The Morgan fingerprint density at radius 2 is 1.93 bits per heavy atom. The topological polar surface area (TPSA) is 17.1 Å². The van der Waals surface area contributed by atoms with Crippen LogP contribution in [-0.4, -0.2) is 5.78 Å². The van der Waals surface area contributed by atoms with E-state index in [1.54, 1.807) is 12.1 Å². The molecular weight excluding hydrogens is 208 g/mol. The maximum atomic E-state index is 12.2. The smallest absolute Gasteiger partial charge is 0.169 e. The Kier molecular flexibility index (Phi) is 3.92. The highest BCUT2D eigenvalue weighted by Crippen LogP contribution is 2.30. The molecule has 0 bridgehead atoms. The molecule has 82 valence electrons. The highest BCUT2D eigenvalue weighted by atomic mass is 35.5. The monoisotopic (exact) mass is 224 g/mol. The summed E-state index contributed by atoms with van der Waals surface area (Å²) in [6.45, 7) is 6.03. The minimum Gasteiger partial charge on any atom is -0.294 e. The number of Topliss-reactive ketones (excluding diaryl/α,β-unsaturated/α-hetero) is 1. The van der Waals surface area contributed by atoms with Gasteiger partial charge in [-0.05, 0) is 18.6 Å². The van der Waals surface area contributed by atoms with E-state index >= 15 is 0 Å². The van der Waals surface area contributed by atoms with Gasteiger partial charge in [0.15, 0.2) is 5.78 Å². The van der Waals surface area contributed by atoms with Crippen LogP contribution < -0.4 is 0 Å². The summed E-state index contributed by atoms with van der Waals surface area (Å²) in [4.78, 5) is 12.2. The van der Waals surface area contributed by atoms with Crippen molar-refractivity contribution in [3.05, 3.63) is 34.9 Å². The molecule has 1 aromatic rings. The Morgan fingerprint density at radius 1 is 1.33 bits per heavy atom. The first kappa shape index (κ1) is 12.3. The zero-order chi connectivity index (χ0) is 11.5. The molecule has 1 aromatic carbocycles. The van der Waals surface area contributed by atoms with Gasteiger partial charge in [-0.3, -0.25) is 4.79 Å². The van der Waals surface area contributed by atoms with Crippen LogP contribution in [0.15, 0.2) is 24.3 Å². The van der Waals surface area contributed by atoms with Crippen LogP contribution in [0.1, 0.15) is 44.0 Å². The van der Waals surface area contributed by atoms with Crippen LogP contribution in [0.25, 0.3) is 0 Å². The minimum absolute atomic E-state index is 0.134. The molecule has 0 aliphatic carbocycles. The molecule has 0 amide bonds. The average Bonchev–Trinajstić information content (AvgIpc) is 2.17. The normalized spacial score (nSPS) is 11.5. The molecule has 0 fully saturated rings. The number of carbonyl (C=O) groups is 1. The van der Waals surface area contributed by atoms with Gasteiger partial charge in [0.05, 0.1) is 5.02 Å². The molecule has 0 N–H and O–H groups in total. The molecule has 0 heterocycles. The van der Waals surface area contributed by atoms with Gasteiger partial charge >= 0.3 is 0 Å². The van der Waals surface area contributed by atoms with Crippen molar-refractivity contribution in [3.63, 3.8) is 0 Å². The molecule has 0 aliphatic rings. The predicted molar refractivity (Wildman–Crippen MR) is 64.5 cm³/mol. The number of hydrogen-bond donors (Lipinski definition) is 0. The summed E-state index contributed by atoms with van der Waals surface area (Å²) in [6, 6.07) is 7.24. The van der Waals surface area contributed by atoms with Gasteiger partial charge in [-0.15, -0.1) is 0 Å². The van der Waals surface area contributed by atoms with Gasteiger partial charge in [0.1, 0.15) is 0 Å². The Labute approximate surface area is 96.5 Å². The molecule has 0 saturated carbocycles. The van der Waals surface area contributed by atoms with E-state index in [-0.39, 0.29) is 11.2 Å². The average molecular weight is 225 g/mol. The largest absolute Gasteiger partial charge is 0.294 e. The van der Waals surface area contributed by atoms with E-state index in [0.29, 0.717) is 10.6 Å². The van der Waals surface area contributed by atoms with E-state index in [1.807, 2.05) is 26.0 Å². The molecule has 2 heteroatoms. The van der Waals surface area contributed by atoms with Crippen molar-refractivity contribution in [2.24, 2.45) is 5.41 Å². The van der Waals surface area contributed by atoms with Crippen LogP contribution >= 0.6 is 11.6 Å². The second kappa shape index (κ2) is 4.80. The van der Waals surface area contributed by atoms with Gasteiger partial charge in [0.2, 0.25) is 0 Å². The molecule has 0 atom stereocenters. The molecule has 0 aromatic heterocycles. The van der Waals surface area contributed by atoms with E-state index in [0.717, 1.165) is 12.8 Å². The standard InChI is InChI=1S/C13H17ClO/c1-4-9-13(2,3)12(15)10-7-5-6-8-11(10)14/h5-8H,4,9H2,1-3H3. The van der Waals surface area contributed by atoms with Crippen LogP contribution in [0.3, 0.4) is 0 Å². The van der Waals surface area contributed by atoms with Crippen molar-refractivity contribution in [3.8, 4) is 0 Å². The Balaban J connectivity index is 2.99. The minimum atomic E-state index is -0.320. The van der Waals surface area contributed by atoms with Crippen molar-refractivity contribution in [2.45, 2.75) is 33.6 Å². The lowest BCUT2D eigenvalue weighted by atomic mass is 9.80. The van der Waals surface area contributed by atoms with E-state index < -0.39 is 0 Å². The summed E-state index contributed by atoms with van der Waals surface area (Å²) >= 11 is 6.00. The predicted octanol–water partition coefficient (Wildman–Crippen LogP) is 4.35. The number of halogens is 1. The molecule has 15 heavy (non-hydrogen) atoms. The van der Waals surface area contributed by atoms with Gasteiger partial charge in [-0.25, -0.2) is 0 Å². The second-order valence-electron chi connectivity index (χ2n) is 4.44. The van der Waals surface area contributed by atoms with Crippen molar-refractivity contribution in [1.29, 1.82) is 0 Å². The van der Waals surface area contributed by atoms with Gasteiger partial charge in [0, 0.05) is 11.0 Å². The van der Waals surface area contributed by atoms with Crippen LogP contribution in [0.2, 0.25) is 5.02 Å². The third-order valence-corrected chi connectivity index (χ3v) is 2.94. The summed E-state index contributed by atoms with van der Waals surface area (Å²) in [6.07, 6.45) is 1.89. The molecule has 1 nitrogen and oxygen atoms in total. The lowest BCUT2D eigenvalue weighted by Crippen LogP contribution is -2.24. The summed E-state index contributed by atoms with van der Waals surface area (Å²) < 4.78 is 0.